The maximum absolute atomic E-state index is 6.69. The van der Waals surface area contributed by atoms with Crippen LogP contribution in [-0.4, -0.2) is 0 Å². The lowest BCUT2D eigenvalue weighted by Gasteiger charge is -2.20. The highest BCUT2D eigenvalue weighted by atomic mass is 16.3. The van der Waals surface area contributed by atoms with E-state index in [1.165, 1.54) is 22.1 Å². The number of hydrogen-bond donors (Lipinski definition) is 1. The first-order chi connectivity index (χ1) is 25.3. The van der Waals surface area contributed by atoms with Crippen LogP contribution in [0.2, 0.25) is 0 Å². The maximum atomic E-state index is 6.69. The molecule has 0 amide bonds. The molecule has 1 aliphatic carbocycles. The molecule has 0 radical (unpaired) electrons. The summed E-state index contributed by atoms with van der Waals surface area (Å²) in [6.45, 7) is 0. The van der Waals surface area contributed by atoms with Crippen molar-refractivity contribution in [2.45, 2.75) is 12.3 Å². The summed E-state index contributed by atoms with van der Waals surface area (Å²) < 4.78 is 13.2. The Hall–Kier alpha value is -6.58. The Labute approximate surface area is 295 Å². The van der Waals surface area contributed by atoms with Gasteiger partial charge in [0.1, 0.15) is 22.3 Å². The van der Waals surface area contributed by atoms with Gasteiger partial charge in [0.25, 0.3) is 0 Å². The molecule has 0 bridgehead atoms. The standard InChI is InChI=1S/C48H33NO2/c1-3-12-31(13-4-1)34-16-7-17-35(30-34)37-18-10-24-43-45(37)46-42(23-11-25-44(46)50-43)49-36-28-26-33(27-29-36)39-20-9-22-41-40-21-8-19-38(47(40)51-48(39)41)32-14-5-2-6-15-32/h1-29,35,49H,30H2. The Balaban J connectivity index is 1.00. The van der Waals surface area contributed by atoms with E-state index in [9.17, 15) is 0 Å². The van der Waals surface area contributed by atoms with Crippen molar-refractivity contribution in [1.29, 1.82) is 0 Å². The van der Waals surface area contributed by atoms with Crippen molar-refractivity contribution in [3.63, 3.8) is 0 Å². The number of fused-ring (bicyclic) bond motifs is 6. The van der Waals surface area contributed by atoms with Gasteiger partial charge in [-0.15, -0.1) is 0 Å². The minimum Gasteiger partial charge on any atom is -0.456 e. The Morgan fingerprint density at radius 2 is 1.10 bits per heavy atom. The molecule has 0 saturated carbocycles. The van der Waals surface area contributed by atoms with Crippen LogP contribution in [-0.2, 0) is 0 Å². The van der Waals surface area contributed by atoms with Gasteiger partial charge in [-0.2, -0.15) is 0 Å². The zero-order valence-corrected chi connectivity index (χ0v) is 27.8. The highest BCUT2D eigenvalue weighted by molar-refractivity contribution is 6.14. The van der Waals surface area contributed by atoms with Gasteiger partial charge in [-0.3, -0.25) is 0 Å². The van der Waals surface area contributed by atoms with Crippen LogP contribution < -0.4 is 5.32 Å². The van der Waals surface area contributed by atoms with Crippen LogP contribution in [0.15, 0.2) is 185 Å². The van der Waals surface area contributed by atoms with E-state index in [0.29, 0.717) is 0 Å². The van der Waals surface area contributed by atoms with Gasteiger partial charge >= 0.3 is 0 Å². The highest BCUT2D eigenvalue weighted by Gasteiger charge is 2.22. The van der Waals surface area contributed by atoms with Gasteiger partial charge in [-0.25, -0.2) is 0 Å². The lowest BCUT2D eigenvalue weighted by molar-refractivity contribution is 0.668. The molecular formula is C48H33NO2. The minimum atomic E-state index is 0.242. The van der Waals surface area contributed by atoms with E-state index in [1.54, 1.807) is 0 Å². The number of nitrogens with one attached hydrogen (secondary N) is 1. The number of para-hydroxylation sites is 2. The fourth-order valence-corrected chi connectivity index (χ4v) is 7.85. The van der Waals surface area contributed by atoms with Gasteiger partial charge in [0.05, 0.1) is 11.1 Å². The number of anilines is 2. The summed E-state index contributed by atoms with van der Waals surface area (Å²) in [6, 6.07) is 55.3. The second-order valence-electron chi connectivity index (χ2n) is 13.3. The molecule has 51 heavy (non-hydrogen) atoms. The fraction of sp³-hybridized carbons (Fsp3) is 0.0417. The average Bonchev–Trinajstić information content (AvgIpc) is 3.78. The third-order valence-corrected chi connectivity index (χ3v) is 10.3. The normalized spacial score (nSPS) is 14.4. The van der Waals surface area contributed by atoms with E-state index in [2.05, 4.69) is 175 Å². The molecule has 1 unspecified atom stereocenters. The van der Waals surface area contributed by atoms with E-state index in [0.717, 1.165) is 78.5 Å². The average molecular weight is 656 g/mol. The molecule has 0 spiro atoms. The van der Waals surface area contributed by atoms with Crippen molar-refractivity contribution in [3.05, 3.63) is 187 Å². The molecule has 9 aromatic rings. The summed E-state index contributed by atoms with van der Waals surface area (Å²) >= 11 is 0. The van der Waals surface area contributed by atoms with E-state index < -0.39 is 0 Å². The van der Waals surface area contributed by atoms with Crippen LogP contribution in [0, 0.1) is 0 Å². The topological polar surface area (TPSA) is 38.3 Å². The van der Waals surface area contributed by atoms with E-state index in [1.807, 2.05) is 6.07 Å². The molecule has 0 aliphatic heterocycles. The van der Waals surface area contributed by atoms with Gasteiger partial charge in [-0.05, 0) is 64.6 Å². The fourth-order valence-electron chi connectivity index (χ4n) is 7.85. The van der Waals surface area contributed by atoms with Gasteiger partial charge in [0, 0.05) is 38.9 Å². The summed E-state index contributed by atoms with van der Waals surface area (Å²) in [6.07, 6.45) is 7.70. The number of benzene rings is 7. The lowest BCUT2D eigenvalue weighted by atomic mass is 9.84. The summed E-state index contributed by atoms with van der Waals surface area (Å²) in [5, 5.41) is 8.27. The van der Waals surface area contributed by atoms with Crippen molar-refractivity contribution in [2.75, 3.05) is 5.32 Å². The first-order valence-electron chi connectivity index (χ1n) is 17.5. The second-order valence-corrected chi connectivity index (χ2v) is 13.3. The van der Waals surface area contributed by atoms with E-state index in [-0.39, 0.29) is 5.92 Å². The number of hydrogen-bond acceptors (Lipinski definition) is 3. The van der Waals surface area contributed by atoms with E-state index in [4.69, 9.17) is 8.83 Å². The zero-order chi connectivity index (χ0) is 33.7. The Kier molecular flexibility index (Phi) is 6.95. The quantitative estimate of drug-likeness (QED) is 0.194. The smallest absolute Gasteiger partial charge is 0.143 e. The monoisotopic (exact) mass is 655 g/mol. The number of allylic oxidation sites excluding steroid dienone is 4. The van der Waals surface area contributed by atoms with E-state index >= 15 is 0 Å². The second kappa shape index (κ2) is 12.1. The molecule has 3 heteroatoms. The molecule has 1 atom stereocenters. The molecule has 3 nitrogen and oxygen atoms in total. The van der Waals surface area contributed by atoms with Crippen LogP contribution in [0.25, 0.3) is 71.7 Å². The van der Waals surface area contributed by atoms with Crippen molar-refractivity contribution in [2.24, 2.45) is 0 Å². The van der Waals surface area contributed by atoms with Gasteiger partial charge in [0.15, 0.2) is 0 Å². The number of furan rings is 2. The van der Waals surface area contributed by atoms with Crippen LogP contribution >= 0.6 is 0 Å². The summed E-state index contributed by atoms with van der Waals surface area (Å²) in [7, 11) is 0. The predicted molar refractivity (Wildman–Crippen MR) is 213 cm³/mol. The van der Waals surface area contributed by atoms with Crippen LogP contribution in [0.1, 0.15) is 23.5 Å². The third-order valence-electron chi connectivity index (χ3n) is 10.3. The zero-order valence-electron chi connectivity index (χ0n) is 27.8. The molecule has 0 fully saturated rings. The Morgan fingerprint density at radius 1 is 0.490 bits per heavy atom. The van der Waals surface area contributed by atoms with Crippen LogP contribution in [0.3, 0.4) is 0 Å². The highest BCUT2D eigenvalue weighted by Crippen LogP contribution is 2.44. The van der Waals surface area contributed by atoms with Crippen molar-refractivity contribution in [1.82, 2.24) is 0 Å². The first kappa shape index (κ1) is 29.3. The molecule has 10 rings (SSSR count). The number of rotatable bonds is 6. The minimum absolute atomic E-state index is 0.242. The summed E-state index contributed by atoms with van der Waals surface area (Å²) in [4.78, 5) is 0. The van der Waals surface area contributed by atoms with Crippen molar-refractivity contribution >= 4 is 60.8 Å². The Bertz CT molecular complexity index is 2780. The summed E-state index contributed by atoms with van der Waals surface area (Å²) in [5.41, 5.74) is 14.0. The van der Waals surface area contributed by atoms with Gasteiger partial charge in [-0.1, -0.05) is 146 Å². The van der Waals surface area contributed by atoms with Gasteiger partial charge in [0.2, 0.25) is 0 Å². The lowest BCUT2D eigenvalue weighted by Crippen LogP contribution is -2.01. The molecule has 1 aliphatic rings. The predicted octanol–water partition coefficient (Wildman–Crippen LogP) is 13.7. The molecule has 0 saturated heterocycles. The molecule has 2 aromatic heterocycles. The SMILES string of the molecule is C1=CC(c2cccc3oc4cccc(Nc5ccc(-c6cccc7c6oc6c(-c8ccccc8)cccc67)cc5)c4c23)CC(c2ccccc2)=C1. The Morgan fingerprint density at radius 3 is 1.80 bits per heavy atom. The van der Waals surface area contributed by atoms with Crippen molar-refractivity contribution < 1.29 is 8.83 Å². The molecular weight excluding hydrogens is 623 g/mol. The van der Waals surface area contributed by atoms with Crippen LogP contribution in [0.4, 0.5) is 11.4 Å². The third kappa shape index (κ3) is 5.05. The van der Waals surface area contributed by atoms with Gasteiger partial charge < -0.3 is 14.2 Å². The molecule has 242 valence electrons. The summed E-state index contributed by atoms with van der Waals surface area (Å²) in [5.74, 6) is 0.242. The maximum Gasteiger partial charge on any atom is 0.143 e. The molecule has 1 N–H and O–H groups in total. The van der Waals surface area contributed by atoms with Crippen LogP contribution in [0.5, 0.6) is 0 Å². The molecule has 2 heterocycles. The molecule has 7 aromatic carbocycles. The first-order valence-corrected chi connectivity index (χ1v) is 17.5. The van der Waals surface area contributed by atoms with Crippen molar-refractivity contribution in [3.8, 4) is 22.3 Å². The largest absolute Gasteiger partial charge is 0.456 e.